The van der Waals surface area contributed by atoms with Gasteiger partial charge in [-0.15, -0.1) is 0 Å². The van der Waals surface area contributed by atoms with Crippen molar-refractivity contribution in [2.75, 3.05) is 13.2 Å². The summed E-state index contributed by atoms with van der Waals surface area (Å²) < 4.78 is 6.59. The molecule has 0 aliphatic heterocycles. The maximum absolute atomic E-state index is 12.9. The van der Waals surface area contributed by atoms with Crippen LogP contribution in [-0.4, -0.2) is 23.7 Å². The Balaban J connectivity index is 0.000000692. The van der Waals surface area contributed by atoms with E-state index in [1.54, 1.807) is 31.8 Å². The minimum absolute atomic E-state index is 0.0877. The van der Waals surface area contributed by atoms with E-state index in [2.05, 4.69) is 88.5 Å². The largest absolute Gasteiger partial charge is 0.381 e. The van der Waals surface area contributed by atoms with E-state index in [-0.39, 0.29) is 17.5 Å². The number of hydrogen-bond donors (Lipinski definition) is 1. The average Bonchev–Trinajstić information content (AvgIpc) is 3.03. The van der Waals surface area contributed by atoms with Gasteiger partial charge in [-0.05, 0) is 93.0 Å². The fourth-order valence-corrected chi connectivity index (χ4v) is 5.77. The van der Waals surface area contributed by atoms with Crippen molar-refractivity contribution in [3.63, 3.8) is 0 Å². The molecule has 0 saturated heterocycles. The zero-order valence-electron chi connectivity index (χ0n) is 29.7. The van der Waals surface area contributed by atoms with Crippen LogP contribution in [-0.2, 0) is 11.8 Å². The predicted octanol–water partition coefficient (Wildman–Crippen LogP) is 9.74. The molecule has 5 heteroatoms. The van der Waals surface area contributed by atoms with Crippen molar-refractivity contribution in [3.05, 3.63) is 110 Å². The van der Waals surface area contributed by atoms with E-state index >= 15 is 0 Å². The number of benzene rings is 2. The Morgan fingerprint density at radius 1 is 0.867 bits per heavy atom. The third-order valence-corrected chi connectivity index (χ3v) is 8.74. The molecular formula is C40H58N2O3. The number of rotatable bonds is 11. The monoisotopic (exact) mass is 614 g/mol. The highest BCUT2D eigenvalue weighted by Gasteiger charge is 2.39. The number of aromatic nitrogens is 1. The van der Waals surface area contributed by atoms with Crippen LogP contribution in [0.5, 0.6) is 0 Å². The fraction of sp³-hybridized carbons (Fsp3) is 0.500. The molecule has 1 amide bonds. The van der Waals surface area contributed by atoms with Crippen molar-refractivity contribution in [2.24, 2.45) is 12.5 Å². The smallest absolute Gasteiger partial charge is 0.253 e. The second-order valence-electron chi connectivity index (χ2n) is 12.2. The summed E-state index contributed by atoms with van der Waals surface area (Å²) in [4.78, 5) is 24.8. The SMILES string of the molecule is CC.CCC1(CC)CC(=C(c2ccc(C)cc2)c2ccc([C@@H](C)NC(=O)c3cc(C)c(=O)n(C)c3)cc2)C1.CCCOCCC. The summed E-state index contributed by atoms with van der Waals surface area (Å²) in [6.07, 6.45) is 8.64. The molecule has 246 valence electrons. The van der Waals surface area contributed by atoms with E-state index in [1.807, 2.05) is 20.8 Å². The quantitative estimate of drug-likeness (QED) is 0.219. The second kappa shape index (κ2) is 18.5. The molecule has 2 aromatic carbocycles. The Labute approximate surface area is 273 Å². The summed E-state index contributed by atoms with van der Waals surface area (Å²) in [6.45, 7) is 20.6. The summed E-state index contributed by atoms with van der Waals surface area (Å²) in [5.74, 6) is -0.183. The zero-order valence-corrected chi connectivity index (χ0v) is 29.7. The number of carbonyl (C=O) groups excluding carboxylic acids is 1. The Kier molecular flexibility index (Phi) is 15.5. The van der Waals surface area contributed by atoms with E-state index < -0.39 is 0 Å². The highest BCUT2D eigenvalue weighted by molar-refractivity contribution is 5.94. The predicted molar refractivity (Wildman–Crippen MR) is 191 cm³/mol. The van der Waals surface area contributed by atoms with Gasteiger partial charge in [-0.25, -0.2) is 0 Å². The number of hydrogen-bond acceptors (Lipinski definition) is 3. The molecule has 1 fully saturated rings. The van der Waals surface area contributed by atoms with Crippen molar-refractivity contribution < 1.29 is 9.53 Å². The van der Waals surface area contributed by atoms with Crippen LogP contribution in [0.1, 0.15) is 131 Å². The molecule has 0 spiro atoms. The zero-order chi connectivity index (χ0) is 33.6. The molecule has 3 aromatic rings. The molecule has 0 bridgehead atoms. The van der Waals surface area contributed by atoms with Crippen LogP contribution >= 0.6 is 0 Å². The van der Waals surface area contributed by atoms with E-state index in [0.717, 1.165) is 44.5 Å². The number of nitrogens with one attached hydrogen (secondary N) is 1. The van der Waals surface area contributed by atoms with Gasteiger partial charge in [0.15, 0.2) is 0 Å². The van der Waals surface area contributed by atoms with Gasteiger partial charge < -0.3 is 14.6 Å². The number of nitrogens with zero attached hydrogens (tertiary/aromatic N) is 1. The van der Waals surface area contributed by atoms with E-state index in [0.29, 0.717) is 16.5 Å². The molecule has 0 unspecified atom stereocenters. The van der Waals surface area contributed by atoms with Crippen LogP contribution in [0.4, 0.5) is 0 Å². The lowest BCUT2D eigenvalue weighted by Crippen LogP contribution is -2.31. The molecule has 1 atom stereocenters. The number of allylic oxidation sites excluding steroid dienone is 1. The first-order valence-corrected chi connectivity index (χ1v) is 17.0. The van der Waals surface area contributed by atoms with Gasteiger partial charge in [-0.2, -0.15) is 0 Å². The molecule has 45 heavy (non-hydrogen) atoms. The number of carbonyl (C=O) groups is 1. The van der Waals surface area contributed by atoms with Gasteiger partial charge in [0.05, 0.1) is 11.6 Å². The molecule has 5 nitrogen and oxygen atoms in total. The van der Waals surface area contributed by atoms with Gasteiger partial charge in [-0.3, -0.25) is 9.59 Å². The normalized spacial score (nSPS) is 13.8. The van der Waals surface area contributed by atoms with Gasteiger partial charge in [0.1, 0.15) is 0 Å². The maximum atomic E-state index is 12.9. The number of aryl methyl sites for hydroxylation is 3. The molecule has 1 N–H and O–H groups in total. The molecule has 1 aliphatic rings. The van der Waals surface area contributed by atoms with Gasteiger partial charge >= 0.3 is 0 Å². The maximum Gasteiger partial charge on any atom is 0.253 e. The van der Waals surface area contributed by atoms with Crippen molar-refractivity contribution in [2.45, 2.75) is 107 Å². The summed E-state index contributed by atoms with van der Waals surface area (Å²) in [5.41, 5.74) is 9.13. The number of pyridine rings is 1. The molecule has 0 radical (unpaired) electrons. The van der Waals surface area contributed by atoms with Gasteiger partial charge in [-0.1, -0.05) is 101 Å². The van der Waals surface area contributed by atoms with Gasteiger partial charge in [0, 0.05) is 32.0 Å². The van der Waals surface area contributed by atoms with E-state index in [9.17, 15) is 9.59 Å². The Hall–Kier alpha value is -3.44. The Morgan fingerprint density at radius 3 is 1.84 bits per heavy atom. The van der Waals surface area contributed by atoms with Crippen molar-refractivity contribution in [3.8, 4) is 0 Å². The first kappa shape index (κ1) is 37.7. The molecule has 1 aliphatic carbocycles. The van der Waals surface area contributed by atoms with Crippen LogP contribution in [0.2, 0.25) is 0 Å². The van der Waals surface area contributed by atoms with Gasteiger partial charge in [0.2, 0.25) is 0 Å². The summed E-state index contributed by atoms with van der Waals surface area (Å²) >= 11 is 0. The summed E-state index contributed by atoms with van der Waals surface area (Å²) in [7, 11) is 1.67. The van der Waals surface area contributed by atoms with Crippen molar-refractivity contribution in [1.29, 1.82) is 0 Å². The lowest BCUT2D eigenvalue weighted by molar-refractivity contribution is 0.0939. The Morgan fingerprint density at radius 2 is 1.38 bits per heavy atom. The van der Waals surface area contributed by atoms with Crippen LogP contribution in [0.3, 0.4) is 0 Å². The third kappa shape index (κ3) is 10.3. The highest BCUT2D eigenvalue weighted by Crippen LogP contribution is 2.53. The van der Waals surface area contributed by atoms with Crippen LogP contribution in [0, 0.1) is 19.3 Å². The standard InChI is InChI=1S/C32H38N2O2.C6H14O.C2H6/c1-7-32(8-2)18-28(19-32)29(25-11-9-21(3)10-12-25)26-15-13-24(14-16-26)23(5)33-30(35)27-17-22(4)31(36)34(6)20-27;1-3-5-7-6-4-2;1-2/h9-17,20,23H,7-8,18-19H2,1-6H3,(H,33,35);3-6H2,1-2H3;1-2H3/t23-;;/m1../s1. The van der Waals surface area contributed by atoms with Crippen molar-refractivity contribution in [1.82, 2.24) is 9.88 Å². The second-order valence-corrected chi connectivity index (χ2v) is 12.2. The summed E-state index contributed by atoms with van der Waals surface area (Å²) in [5, 5.41) is 3.08. The van der Waals surface area contributed by atoms with E-state index in [4.69, 9.17) is 4.74 Å². The van der Waals surface area contributed by atoms with Gasteiger partial charge in [0.25, 0.3) is 11.5 Å². The molecule has 4 rings (SSSR count). The average molecular weight is 615 g/mol. The van der Waals surface area contributed by atoms with Crippen LogP contribution in [0.25, 0.3) is 5.57 Å². The molecule has 1 saturated carbocycles. The number of ether oxygens (including phenoxy) is 1. The highest BCUT2D eigenvalue weighted by atomic mass is 16.5. The van der Waals surface area contributed by atoms with E-state index in [1.165, 1.54) is 39.7 Å². The van der Waals surface area contributed by atoms with Crippen LogP contribution in [0.15, 0.2) is 71.2 Å². The lowest BCUT2D eigenvalue weighted by Gasteiger charge is -2.44. The lowest BCUT2D eigenvalue weighted by atomic mass is 9.60. The first-order chi connectivity index (χ1) is 21.6. The van der Waals surface area contributed by atoms with Crippen molar-refractivity contribution >= 4 is 11.5 Å². The Bertz CT molecular complexity index is 1390. The topological polar surface area (TPSA) is 60.3 Å². The fourth-order valence-electron chi connectivity index (χ4n) is 5.77. The third-order valence-electron chi connectivity index (χ3n) is 8.74. The summed E-state index contributed by atoms with van der Waals surface area (Å²) in [6, 6.07) is 19.0. The number of amides is 1. The molecular weight excluding hydrogens is 556 g/mol. The van der Waals surface area contributed by atoms with Crippen LogP contribution < -0.4 is 10.9 Å². The minimum atomic E-state index is -0.183. The first-order valence-electron chi connectivity index (χ1n) is 17.0. The minimum Gasteiger partial charge on any atom is -0.381 e. The molecule has 1 aromatic heterocycles. The molecule has 1 heterocycles.